The van der Waals surface area contributed by atoms with Gasteiger partial charge in [0.15, 0.2) is 5.96 Å². The number of guanidine groups is 1. The normalized spacial score (nSPS) is 11.0. The Morgan fingerprint density at radius 1 is 1.13 bits per heavy atom. The molecule has 128 valence electrons. The standard InChI is InChI=1S/C17H29N5O/c1-5-18-17(20-14-16(23)21(2)3)19-12-9-13-22(4)15-10-7-6-8-11-15/h6-8,10-11H,5,9,12-14H2,1-4H3,(H2,18,19,20). The lowest BCUT2D eigenvalue weighted by Gasteiger charge is -2.19. The van der Waals surface area contributed by atoms with E-state index in [-0.39, 0.29) is 12.5 Å². The van der Waals surface area contributed by atoms with E-state index < -0.39 is 0 Å². The predicted molar refractivity (Wildman–Crippen MR) is 97.0 cm³/mol. The zero-order valence-electron chi connectivity index (χ0n) is 14.7. The van der Waals surface area contributed by atoms with Gasteiger partial charge in [0, 0.05) is 46.5 Å². The number of aliphatic imine (C=N–C) groups is 1. The molecule has 0 radical (unpaired) electrons. The highest BCUT2D eigenvalue weighted by Crippen LogP contribution is 2.10. The van der Waals surface area contributed by atoms with Crippen LogP contribution in [0.2, 0.25) is 0 Å². The van der Waals surface area contributed by atoms with E-state index in [0.717, 1.165) is 26.1 Å². The van der Waals surface area contributed by atoms with Gasteiger partial charge < -0.3 is 20.4 Å². The Kier molecular flexibility index (Phi) is 8.57. The van der Waals surface area contributed by atoms with Gasteiger partial charge in [0.25, 0.3) is 0 Å². The van der Waals surface area contributed by atoms with Crippen LogP contribution in [-0.4, -0.2) is 64.1 Å². The van der Waals surface area contributed by atoms with Gasteiger partial charge in [0.2, 0.25) is 5.91 Å². The Hall–Kier alpha value is -2.24. The van der Waals surface area contributed by atoms with Crippen LogP contribution in [0.5, 0.6) is 0 Å². The van der Waals surface area contributed by atoms with Crippen LogP contribution in [-0.2, 0) is 4.79 Å². The Bertz CT molecular complexity index is 487. The first-order chi connectivity index (χ1) is 11.0. The quantitative estimate of drug-likeness (QED) is 0.429. The predicted octanol–water partition coefficient (Wildman–Crippen LogP) is 1.16. The van der Waals surface area contributed by atoms with Crippen LogP contribution in [0.25, 0.3) is 0 Å². The topological polar surface area (TPSA) is 60.0 Å². The van der Waals surface area contributed by atoms with E-state index in [4.69, 9.17) is 0 Å². The second-order valence-corrected chi connectivity index (χ2v) is 5.52. The van der Waals surface area contributed by atoms with Crippen molar-refractivity contribution in [2.45, 2.75) is 13.3 Å². The molecule has 0 heterocycles. The summed E-state index contributed by atoms with van der Waals surface area (Å²) in [6.07, 6.45) is 0.984. The van der Waals surface area contributed by atoms with Crippen LogP contribution in [0, 0.1) is 0 Å². The van der Waals surface area contributed by atoms with E-state index in [1.54, 1.807) is 19.0 Å². The molecule has 6 nitrogen and oxygen atoms in total. The molecule has 0 unspecified atom stereocenters. The Morgan fingerprint density at radius 3 is 2.43 bits per heavy atom. The smallest absolute Gasteiger partial charge is 0.243 e. The molecule has 0 bridgehead atoms. The molecule has 1 aromatic carbocycles. The Labute approximate surface area is 139 Å². The van der Waals surface area contributed by atoms with Crippen LogP contribution in [0.15, 0.2) is 35.3 Å². The summed E-state index contributed by atoms with van der Waals surface area (Å²) in [5.41, 5.74) is 1.21. The number of rotatable bonds is 8. The van der Waals surface area contributed by atoms with Gasteiger partial charge in [-0.05, 0) is 25.5 Å². The average molecular weight is 319 g/mol. The lowest BCUT2D eigenvalue weighted by Crippen LogP contribution is -2.39. The summed E-state index contributed by atoms with van der Waals surface area (Å²) in [5.74, 6) is 0.677. The Morgan fingerprint density at radius 2 is 1.83 bits per heavy atom. The maximum atomic E-state index is 11.6. The van der Waals surface area contributed by atoms with Crippen LogP contribution < -0.4 is 15.5 Å². The molecule has 1 amide bonds. The van der Waals surface area contributed by atoms with Crippen LogP contribution in [0.3, 0.4) is 0 Å². The summed E-state index contributed by atoms with van der Waals surface area (Å²) in [5, 5.41) is 6.41. The van der Waals surface area contributed by atoms with Gasteiger partial charge in [-0.25, -0.2) is 4.99 Å². The van der Waals surface area contributed by atoms with E-state index >= 15 is 0 Å². The summed E-state index contributed by atoms with van der Waals surface area (Å²) in [6.45, 7) is 4.69. The van der Waals surface area contributed by atoms with Crippen molar-refractivity contribution in [1.82, 2.24) is 15.5 Å². The van der Waals surface area contributed by atoms with E-state index in [1.807, 2.05) is 25.1 Å². The molecule has 2 N–H and O–H groups in total. The maximum absolute atomic E-state index is 11.6. The minimum absolute atomic E-state index is 0.00832. The molecule has 0 aromatic heterocycles. The maximum Gasteiger partial charge on any atom is 0.243 e. The van der Waals surface area contributed by atoms with Crippen molar-refractivity contribution in [3.8, 4) is 0 Å². The molecule has 0 spiro atoms. The first kappa shape index (κ1) is 18.8. The molecule has 0 atom stereocenters. The number of hydrogen-bond donors (Lipinski definition) is 2. The number of para-hydroxylation sites is 1. The first-order valence-electron chi connectivity index (χ1n) is 8.03. The summed E-state index contributed by atoms with van der Waals surface area (Å²) >= 11 is 0. The number of anilines is 1. The molecule has 0 fully saturated rings. The summed E-state index contributed by atoms with van der Waals surface area (Å²) in [6, 6.07) is 10.3. The van der Waals surface area contributed by atoms with E-state index in [0.29, 0.717) is 5.96 Å². The first-order valence-corrected chi connectivity index (χ1v) is 8.03. The lowest BCUT2D eigenvalue weighted by molar-refractivity contribution is -0.127. The van der Waals surface area contributed by atoms with Gasteiger partial charge >= 0.3 is 0 Å². The Balaban J connectivity index is 2.35. The second-order valence-electron chi connectivity index (χ2n) is 5.52. The lowest BCUT2D eigenvalue weighted by atomic mass is 10.3. The molecule has 0 saturated heterocycles. The molecule has 1 aromatic rings. The fourth-order valence-corrected chi connectivity index (χ4v) is 1.96. The van der Waals surface area contributed by atoms with E-state index in [2.05, 4.69) is 39.7 Å². The fraction of sp³-hybridized carbons (Fsp3) is 0.529. The number of hydrogen-bond acceptors (Lipinski definition) is 3. The molecule has 0 aliphatic heterocycles. The van der Waals surface area contributed by atoms with Gasteiger partial charge in [0.1, 0.15) is 6.54 Å². The number of nitrogens with one attached hydrogen (secondary N) is 2. The van der Waals surface area contributed by atoms with Crippen LogP contribution in [0.1, 0.15) is 13.3 Å². The van der Waals surface area contributed by atoms with Crippen molar-refractivity contribution in [2.75, 3.05) is 52.2 Å². The van der Waals surface area contributed by atoms with Crippen molar-refractivity contribution in [1.29, 1.82) is 0 Å². The van der Waals surface area contributed by atoms with E-state index in [1.165, 1.54) is 5.69 Å². The number of carbonyl (C=O) groups is 1. The third-order valence-electron chi connectivity index (χ3n) is 3.38. The molecule has 1 rings (SSSR count). The second kappa shape index (κ2) is 10.5. The van der Waals surface area contributed by atoms with Crippen molar-refractivity contribution >= 4 is 17.6 Å². The molecular formula is C17H29N5O. The molecular weight excluding hydrogens is 290 g/mol. The minimum Gasteiger partial charge on any atom is -0.375 e. The molecule has 23 heavy (non-hydrogen) atoms. The summed E-state index contributed by atoms with van der Waals surface area (Å²) < 4.78 is 0. The minimum atomic E-state index is -0.00832. The van der Waals surface area contributed by atoms with Crippen molar-refractivity contribution in [3.63, 3.8) is 0 Å². The van der Waals surface area contributed by atoms with Gasteiger partial charge in [-0.1, -0.05) is 18.2 Å². The van der Waals surface area contributed by atoms with Crippen molar-refractivity contribution < 1.29 is 4.79 Å². The number of nitrogens with zero attached hydrogens (tertiary/aromatic N) is 3. The largest absolute Gasteiger partial charge is 0.375 e. The van der Waals surface area contributed by atoms with Gasteiger partial charge in [-0.15, -0.1) is 0 Å². The molecule has 0 saturated carbocycles. The zero-order chi connectivity index (χ0) is 17.1. The molecule has 6 heteroatoms. The third kappa shape index (κ3) is 7.54. The average Bonchev–Trinajstić information content (AvgIpc) is 2.56. The third-order valence-corrected chi connectivity index (χ3v) is 3.38. The van der Waals surface area contributed by atoms with E-state index in [9.17, 15) is 4.79 Å². The molecule has 0 aliphatic rings. The summed E-state index contributed by atoms with van der Waals surface area (Å²) in [4.78, 5) is 19.7. The SMILES string of the molecule is CCNC(=NCC(=O)N(C)C)NCCCN(C)c1ccccc1. The highest BCUT2D eigenvalue weighted by atomic mass is 16.2. The monoisotopic (exact) mass is 319 g/mol. The zero-order valence-corrected chi connectivity index (χ0v) is 14.7. The van der Waals surface area contributed by atoms with Gasteiger partial charge in [-0.3, -0.25) is 4.79 Å². The number of carbonyl (C=O) groups excluding carboxylic acids is 1. The highest BCUT2D eigenvalue weighted by molar-refractivity contribution is 5.84. The summed E-state index contributed by atoms with van der Waals surface area (Å²) in [7, 11) is 5.56. The number of benzene rings is 1. The number of likely N-dealkylation sites (N-methyl/N-ethyl adjacent to an activating group) is 1. The number of amides is 1. The van der Waals surface area contributed by atoms with Crippen LogP contribution >= 0.6 is 0 Å². The van der Waals surface area contributed by atoms with Crippen LogP contribution in [0.4, 0.5) is 5.69 Å². The van der Waals surface area contributed by atoms with Crippen molar-refractivity contribution in [2.24, 2.45) is 4.99 Å². The molecule has 0 aliphatic carbocycles. The highest BCUT2D eigenvalue weighted by Gasteiger charge is 2.04. The van der Waals surface area contributed by atoms with Crippen molar-refractivity contribution in [3.05, 3.63) is 30.3 Å². The van der Waals surface area contributed by atoms with Gasteiger partial charge in [0.05, 0.1) is 0 Å². The van der Waals surface area contributed by atoms with Gasteiger partial charge in [-0.2, -0.15) is 0 Å². The fourth-order valence-electron chi connectivity index (χ4n) is 1.96.